The minimum atomic E-state index is -0.232. The number of anilines is 1. The fraction of sp³-hybridized carbons (Fsp3) is 0.292. The summed E-state index contributed by atoms with van der Waals surface area (Å²) in [6, 6.07) is 14.5. The minimum absolute atomic E-state index is 0.0394. The summed E-state index contributed by atoms with van der Waals surface area (Å²) in [7, 11) is 0. The number of carbonyl (C=O) groups is 3. The Morgan fingerprint density at radius 1 is 1.06 bits per heavy atom. The average molecular weight is 463 g/mol. The third-order valence-corrected chi connectivity index (χ3v) is 6.65. The lowest BCUT2D eigenvalue weighted by Gasteiger charge is -2.14. The van der Waals surface area contributed by atoms with Crippen molar-refractivity contribution in [1.29, 1.82) is 0 Å². The Bertz CT molecular complexity index is 1300. The maximum Gasteiger partial charge on any atom is 0.289 e. The van der Waals surface area contributed by atoms with Crippen LogP contribution < -0.4 is 10.9 Å². The van der Waals surface area contributed by atoms with E-state index in [1.807, 2.05) is 18.2 Å². The first-order valence-electron chi connectivity index (χ1n) is 10.9. The van der Waals surface area contributed by atoms with Crippen molar-refractivity contribution < 1.29 is 14.4 Å². The normalized spacial score (nSPS) is 15.9. The molecule has 0 bridgehead atoms. The van der Waals surface area contributed by atoms with Crippen molar-refractivity contribution in [3.63, 3.8) is 0 Å². The summed E-state index contributed by atoms with van der Waals surface area (Å²) in [5.41, 5.74) is 2.05. The number of amides is 3. The van der Waals surface area contributed by atoms with Crippen LogP contribution in [0.1, 0.15) is 36.7 Å². The number of carbonyl (C=O) groups excluding carboxylic acids is 3. The van der Waals surface area contributed by atoms with Gasteiger partial charge in [0.1, 0.15) is 5.82 Å². The zero-order chi connectivity index (χ0) is 22.9. The van der Waals surface area contributed by atoms with Crippen molar-refractivity contribution >= 4 is 45.4 Å². The third kappa shape index (κ3) is 4.54. The second-order valence-electron chi connectivity index (χ2n) is 8.23. The number of imide groups is 1. The number of rotatable bonds is 7. The molecule has 3 amide bonds. The van der Waals surface area contributed by atoms with Crippen molar-refractivity contribution in [3.05, 3.63) is 70.3 Å². The quantitative estimate of drug-likeness (QED) is 0.577. The molecule has 0 radical (unpaired) electrons. The van der Waals surface area contributed by atoms with Crippen molar-refractivity contribution in [2.24, 2.45) is 0 Å². The van der Waals surface area contributed by atoms with Gasteiger partial charge in [0, 0.05) is 24.6 Å². The van der Waals surface area contributed by atoms with Crippen LogP contribution in [0.15, 0.2) is 53.3 Å². The van der Waals surface area contributed by atoms with Gasteiger partial charge in [-0.3, -0.25) is 28.6 Å². The van der Waals surface area contributed by atoms with Gasteiger partial charge in [0.15, 0.2) is 0 Å². The third-order valence-electron chi connectivity index (χ3n) is 5.79. The maximum atomic E-state index is 12.9. The zero-order valence-corrected chi connectivity index (χ0v) is 18.6. The largest absolute Gasteiger partial charge is 0.326 e. The Balaban J connectivity index is 1.23. The molecule has 1 aromatic heterocycles. The molecular weight excluding hydrogens is 440 g/mol. The fourth-order valence-electron chi connectivity index (χ4n) is 3.94. The van der Waals surface area contributed by atoms with Crippen molar-refractivity contribution in [1.82, 2.24) is 14.5 Å². The summed E-state index contributed by atoms with van der Waals surface area (Å²) in [6.45, 7) is 0.227. The number of thioether (sulfide) groups is 1. The highest BCUT2D eigenvalue weighted by Gasteiger charge is 2.30. The molecule has 2 aliphatic rings. The monoisotopic (exact) mass is 462 g/mol. The Morgan fingerprint density at radius 2 is 1.82 bits per heavy atom. The topological polar surface area (TPSA) is 101 Å². The molecule has 0 unspecified atom stereocenters. The van der Waals surface area contributed by atoms with E-state index in [1.165, 1.54) is 4.90 Å². The molecule has 0 spiro atoms. The molecule has 5 rings (SSSR count). The van der Waals surface area contributed by atoms with Gasteiger partial charge in [0.2, 0.25) is 11.8 Å². The summed E-state index contributed by atoms with van der Waals surface area (Å²) in [5.74, 6) is 0.473. The average Bonchev–Trinajstić information content (AvgIpc) is 3.60. The van der Waals surface area contributed by atoms with Gasteiger partial charge in [0.25, 0.3) is 10.8 Å². The molecule has 1 aliphatic heterocycles. The van der Waals surface area contributed by atoms with Crippen LogP contribution in [0, 0.1) is 0 Å². The molecule has 168 valence electrons. The highest BCUT2D eigenvalue weighted by atomic mass is 32.2. The minimum Gasteiger partial charge on any atom is -0.326 e. The van der Waals surface area contributed by atoms with Crippen LogP contribution in [0.3, 0.4) is 0 Å². The molecule has 2 fully saturated rings. The van der Waals surface area contributed by atoms with E-state index in [2.05, 4.69) is 10.3 Å². The molecule has 1 N–H and O–H groups in total. The van der Waals surface area contributed by atoms with E-state index in [0.717, 1.165) is 30.2 Å². The van der Waals surface area contributed by atoms with Gasteiger partial charge in [-0.15, -0.1) is 0 Å². The molecular formula is C24H22N4O4S. The van der Waals surface area contributed by atoms with Crippen molar-refractivity contribution in [3.8, 4) is 0 Å². The van der Waals surface area contributed by atoms with Gasteiger partial charge in [-0.2, -0.15) is 0 Å². The Kier molecular flexibility index (Phi) is 5.72. The second kappa shape index (κ2) is 8.82. The highest BCUT2D eigenvalue weighted by molar-refractivity contribution is 8.14. The predicted molar refractivity (Wildman–Crippen MR) is 126 cm³/mol. The van der Waals surface area contributed by atoms with E-state index in [-0.39, 0.29) is 47.4 Å². The molecule has 1 saturated carbocycles. The number of benzene rings is 2. The number of para-hydroxylation sites is 1. The van der Waals surface area contributed by atoms with Crippen LogP contribution >= 0.6 is 11.8 Å². The first-order chi connectivity index (χ1) is 16.0. The van der Waals surface area contributed by atoms with Crippen LogP contribution in [0.2, 0.25) is 0 Å². The number of nitrogens with one attached hydrogen (secondary N) is 1. The van der Waals surface area contributed by atoms with Gasteiger partial charge in [-0.1, -0.05) is 36.0 Å². The van der Waals surface area contributed by atoms with E-state index in [4.69, 9.17) is 0 Å². The van der Waals surface area contributed by atoms with E-state index < -0.39 is 0 Å². The first-order valence-corrected chi connectivity index (χ1v) is 11.8. The molecule has 33 heavy (non-hydrogen) atoms. The SMILES string of the molecule is O=C(CCc1nc2ccccc2c(=O)n1C1CC1)Nc1ccc(CN2C(=O)CSC2=O)cc1. The zero-order valence-electron chi connectivity index (χ0n) is 17.8. The first kappa shape index (κ1) is 21.4. The van der Waals surface area contributed by atoms with Crippen molar-refractivity contribution in [2.75, 3.05) is 11.1 Å². The van der Waals surface area contributed by atoms with Crippen LogP contribution in [-0.2, 0) is 22.6 Å². The summed E-state index contributed by atoms with van der Waals surface area (Å²) < 4.78 is 1.75. The number of hydrogen-bond donors (Lipinski definition) is 1. The molecule has 3 aromatic rings. The van der Waals surface area contributed by atoms with Crippen LogP contribution in [0.25, 0.3) is 10.9 Å². The molecule has 1 aliphatic carbocycles. The van der Waals surface area contributed by atoms with E-state index in [0.29, 0.717) is 28.8 Å². The fourth-order valence-corrected chi connectivity index (χ4v) is 4.66. The number of nitrogens with zero attached hydrogens (tertiary/aromatic N) is 3. The Labute approximate surface area is 194 Å². The van der Waals surface area contributed by atoms with Gasteiger partial charge >= 0.3 is 0 Å². The van der Waals surface area contributed by atoms with E-state index in [9.17, 15) is 19.2 Å². The molecule has 0 atom stereocenters. The summed E-state index contributed by atoms with van der Waals surface area (Å²) in [5, 5.41) is 3.23. The summed E-state index contributed by atoms with van der Waals surface area (Å²) in [4.78, 5) is 54.9. The smallest absolute Gasteiger partial charge is 0.289 e. The number of aromatic nitrogens is 2. The van der Waals surface area contributed by atoms with E-state index in [1.54, 1.807) is 34.9 Å². The predicted octanol–water partition coefficient (Wildman–Crippen LogP) is 3.50. The molecule has 9 heteroatoms. The highest BCUT2D eigenvalue weighted by Crippen LogP contribution is 2.35. The second-order valence-corrected chi connectivity index (χ2v) is 9.16. The number of fused-ring (bicyclic) bond motifs is 1. The lowest BCUT2D eigenvalue weighted by Crippen LogP contribution is -2.27. The Hall–Kier alpha value is -3.46. The number of hydrogen-bond acceptors (Lipinski definition) is 6. The van der Waals surface area contributed by atoms with Gasteiger partial charge in [-0.05, 0) is 42.7 Å². The summed E-state index contributed by atoms with van der Waals surface area (Å²) >= 11 is 1.01. The van der Waals surface area contributed by atoms with Gasteiger partial charge < -0.3 is 5.32 Å². The summed E-state index contributed by atoms with van der Waals surface area (Å²) in [6.07, 6.45) is 2.49. The molecule has 8 nitrogen and oxygen atoms in total. The standard InChI is InChI=1S/C24H22N4O4S/c29-21(25-16-7-5-15(6-8-16)13-27-22(30)14-33-24(27)32)12-11-20-26-19-4-2-1-3-18(19)23(31)28(20)17-9-10-17/h1-8,17H,9-14H2,(H,25,29). The maximum absolute atomic E-state index is 12.9. The number of aryl methyl sites for hydroxylation is 1. The molecule has 2 heterocycles. The van der Waals surface area contributed by atoms with E-state index >= 15 is 0 Å². The Morgan fingerprint density at radius 3 is 2.52 bits per heavy atom. The van der Waals surface area contributed by atoms with Crippen LogP contribution in [-0.4, -0.2) is 37.3 Å². The van der Waals surface area contributed by atoms with Crippen LogP contribution in [0.5, 0.6) is 0 Å². The van der Waals surface area contributed by atoms with Crippen LogP contribution in [0.4, 0.5) is 10.5 Å². The van der Waals surface area contributed by atoms with Gasteiger partial charge in [0.05, 0.1) is 23.2 Å². The molecule has 1 saturated heterocycles. The molecule has 2 aromatic carbocycles. The lowest BCUT2D eigenvalue weighted by atomic mass is 10.2. The lowest BCUT2D eigenvalue weighted by molar-refractivity contribution is -0.125. The van der Waals surface area contributed by atoms with Crippen molar-refractivity contribution in [2.45, 2.75) is 38.3 Å². The van der Waals surface area contributed by atoms with Gasteiger partial charge in [-0.25, -0.2) is 4.98 Å².